The normalized spacial score (nSPS) is 10.9. The zero-order valence-corrected chi connectivity index (χ0v) is 10.5. The number of methoxy groups -OCH3 is 1. The van der Waals surface area contributed by atoms with Crippen molar-refractivity contribution in [1.82, 2.24) is 9.97 Å². The van der Waals surface area contributed by atoms with E-state index in [1.807, 2.05) is 17.5 Å². The molecule has 3 rings (SSSR count). The van der Waals surface area contributed by atoms with Gasteiger partial charge >= 0.3 is 0 Å². The molecule has 17 heavy (non-hydrogen) atoms. The molecule has 4 nitrogen and oxygen atoms in total. The van der Waals surface area contributed by atoms with E-state index in [0.29, 0.717) is 4.70 Å². The van der Waals surface area contributed by atoms with E-state index in [2.05, 4.69) is 9.97 Å². The van der Waals surface area contributed by atoms with Gasteiger partial charge < -0.3 is 9.72 Å². The fraction of sp³-hybridized carbons (Fsp3) is 0.0909. The molecule has 3 heterocycles. The third-order valence-corrected chi connectivity index (χ3v) is 4.59. The number of ether oxygens (including phenoxy) is 1. The highest BCUT2D eigenvalue weighted by Gasteiger charge is 2.12. The Bertz CT molecular complexity index is 726. The van der Waals surface area contributed by atoms with Crippen molar-refractivity contribution in [3.63, 3.8) is 0 Å². The maximum Gasteiger partial charge on any atom is 0.268 e. The molecule has 3 aromatic rings. The van der Waals surface area contributed by atoms with Gasteiger partial charge in [0.25, 0.3) is 5.56 Å². The quantitative estimate of drug-likeness (QED) is 0.774. The van der Waals surface area contributed by atoms with Crippen molar-refractivity contribution in [3.05, 3.63) is 34.2 Å². The smallest absolute Gasteiger partial charge is 0.268 e. The van der Waals surface area contributed by atoms with E-state index >= 15 is 0 Å². The second kappa shape index (κ2) is 3.97. The summed E-state index contributed by atoms with van der Waals surface area (Å²) in [6.07, 6.45) is 1.42. The van der Waals surface area contributed by atoms with Crippen molar-refractivity contribution in [2.45, 2.75) is 0 Å². The number of nitrogens with one attached hydrogen (secondary N) is 1. The predicted molar refractivity (Wildman–Crippen MR) is 70.1 cm³/mol. The maximum absolute atomic E-state index is 11.6. The molecule has 0 saturated carbocycles. The van der Waals surface area contributed by atoms with E-state index in [1.165, 1.54) is 17.7 Å². The molecule has 0 bridgehead atoms. The number of nitrogens with zero attached hydrogens (tertiary/aromatic N) is 1. The molecule has 0 amide bonds. The average Bonchev–Trinajstić information content (AvgIpc) is 2.94. The number of fused-ring (bicyclic) bond motifs is 1. The highest BCUT2D eigenvalue weighted by atomic mass is 32.1. The first-order valence-electron chi connectivity index (χ1n) is 4.88. The van der Waals surface area contributed by atoms with Crippen LogP contribution >= 0.6 is 22.7 Å². The molecular formula is C11H8N2O2S2. The van der Waals surface area contributed by atoms with Crippen LogP contribution in [0, 0.1) is 0 Å². The van der Waals surface area contributed by atoms with Crippen LogP contribution in [0.25, 0.3) is 20.0 Å². The van der Waals surface area contributed by atoms with E-state index in [4.69, 9.17) is 4.74 Å². The summed E-state index contributed by atoms with van der Waals surface area (Å²) in [4.78, 5) is 20.4. The summed E-state index contributed by atoms with van der Waals surface area (Å²) in [7, 11) is 1.64. The molecule has 3 aromatic heterocycles. The Hall–Kier alpha value is -1.66. The topological polar surface area (TPSA) is 55.0 Å². The second-order valence-corrected chi connectivity index (χ2v) is 5.34. The Balaban J connectivity index is 2.25. The minimum atomic E-state index is -0.0956. The summed E-state index contributed by atoms with van der Waals surface area (Å²) in [5, 5.41) is 1.97. The van der Waals surface area contributed by atoms with Gasteiger partial charge in [0.2, 0.25) is 0 Å². The maximum atomic E-state index is 11.6. The highest BCUT2D eigenvalue weighted by Crippen LogP contribution is 2.40. The van der Waals surface area contributed by atoms with Crippen LogP contribution in [-0.4, -0.2) is 17.1 Å². The van der Waals surface area contributed by atoms with Crippen molar-refractivity contribution < 1.29 is 4.74 Å². The molecule has 0 spiro atoms. The summed E-state index contributed by atoms with van der Waals surface area (Å²) >= 11 is 3.03. The third-order valence-electron chi connectivity index (χ3n) is 2.39. The Morgan fingerprint density at radius 3 is 3.12 bits per heavy atom. The second-order valence-electron chi connectivity index (χ2n) is 3.37. The van der Waals surface area contributed by atoms with Crippen LogP contribution in [0.2, 0.25) is 0 Å². The number of thiophene rings is 2. The standard InChI is InChI=1S/C11H8N2O2S2/c1-15-7-2-3-16-10(7)8-4-6-9(17-8)11(14)13-5-12-6/h2-5H,1H3,(H,12,13,14). The van der Waals surface area contributed by atoms with Crippen LogP contribution < -0.4 is 10.3 Å². The highest BCUT2D eigenvalue weighted by molar-refractivity contribution is 7.25. The summed E-state index contributed by atoms with van der Waals surface area (Å²) in [5.74, 6) is 0.831. The summed E-state index contributed by atoms with van der Waals surface area (Å²) in [5.41, 5.74) is 0.631. The van der Waals surface area contributed by atoms with Crippen LogP contribution in [-0.2, 0) is 0 Å². The molecule has 0 fully saturated rings. The van der Waals surface area contributed by atoms with Gasteiger partial charge in [0.15, 0.2) is 0 Å². The lowest BCUT2D eigenvalue weighted by molar-refractivity contribution is 0.418. The number of rotatable bonds is 2. The van der Waals surface area contributed by atoms with Crippen molar-refractivity contribution >= 4 is 32.9 Å². The van der Waals surface area contributed by atoms with E-state index in [9.17, 15) is 4.79 Å². The Morgan fingerprint density at radius 2 is 2.35 bits per heavy atom. The molecule has 0 aliphatic carbocycles. The van der Waals surface area contributed by atoms with Crippen molar-refractivity contribution in [2.75, 3.05) is 7.11 Å². The van der Waals surface area contributed by atoms with Gasteiger partial charge in [-0.3, -0.25) is 4.79 Å². The summed E-state index contributed by atoms with van der Waals surface area (Å²) in [6, 6.07) is 3.84. The lowest BCUT2D eigenvalue weighted by Gasteiger charge is -1.97. The zero-order chi connectivity index (χ0) is 11.8. The third kappa shape index (κ3) is 1.65. The number of aromatic amines is 1. The Kier molecular flexibility index (Phi) is 2.45. The summed E-state index contributed by atoms with van der Waals surface area (Å²) in [6.45, 7) is 0. The van der Waals surface area contributed by atoms with Crippen LogP contribution in [0.3, 0.4) is 0 Å². The largest absolute Gasteiger partial charge is 0.495 e. The fourth-order valence-corrected chi connectivity index (χ4v) is 3.61. The van der Waals surface area contributed by atoms with Gasteiger partial charge in [-0.05, 0) is 17.5 Å². The van der Waals surface area contributed by atoms with Crippen molar-refractivity contribution in [1.29, 1.82) is 0 Å². The minimum absolute atomic E-state index is 0.0956. The van der Waals surface area contributed by atoms with Crippen LogP contribution in [0.4, 0.5) is 0 Å². The molecular weight excluding hydrogens is 256 g/mol. The van der Waals surface area contributed by atoms with Gasteiger partial charge in [0.05, 0.1) is 28.7 Å². The van der Waals surface area contributed by atoms with Gasteiger partial charge in [0.1, 0.15) is 10.4 Å². The monoisotopic (exact) mass is 264 g/mol. The first kappa shape index (κ1) is 10.5. The first-order chi connectivity index (χ1) is 8.29. The molecule has 0 radical (unpaired) electrons. The predicted octanol–water partition coefficient (Wildman–Crippen LogP) is 2.72. The average molecular weight is 264 g/mol. The van der Waals surface area contributed by atoms with E-state index in [1.54, 1.807) is 18.4 Å². The first-order valence-corrected chi connectivity index (χ1v) is 6.58. The van der Waals surface area contributed by atoms with Gasteiger partial charge in [-0.15, -0.1) is 22.7 Å². The fourth-order valence-electron chi connectivity index (χ4n) is 1.62. The molecule has 0 aliphatic heterocycles. The van der Waals surface area contributed by atoms with Gasteiger partial charge in [-0.2, -0.15) is 0 Å². The Morgan fingerprint density at radius 1 is 1.47 bits per heavy atom. The SMILES string of the molecule is COc1ccsc1-c1cc2nc[nH]c(=O)c2s1. The molecule has 1 N–H and O–H groups in total. The lowest BCUT2D eigenvalue weighted by atomic mass is 10.3. The van der Waals surface area contributed by atoms with E-state index in [-0.39, 0.29) is 5.56 Å². The molecule has 0 aliphatic rings. The van der Waals surface area contributed by atoms with Crippen molar-refractivity contribution in [2.24, 2.45) is 0 Å². The molecule has 0 aromatic carbocycles. The molecule has 0 atom stereocenters. The number of aromatic nitrogens is 2. The van der Waals surface area contributed by atoms with Crippen molar-refractivity contribution in [3.8, 4) is 15.5 Å². The lowest BCUT2D eigenvalue weighted by Crippen LogP contribution is -2.02. The van der Waals surface area contributed by atoms with Crippen LogP contribution in [0.15, 0.2) is 28.6 Å². The number of hydrogen-bond donors (Lipinski definition) is 1. The molecule has 0 unspecified atom stereocenters. The summed E-state index contributed by atoms with van der Waals surface area (Å²) < 4.78 is 5.93. The van der Waals surface area contributed by atoms with Gasteiger partial charge in [-0.25, -0.2) is 4.98 Å². The molecule has 6 heteroatoms. The minimum Gasteiger partial charge on any atom is -0.495 e. The van der Waals surface area contributed by atoms with Gasteiger partial charge in [0, 0.05) is 0 Å². The Labute approximate surface area is 105 Å². The number of hydrogen-bond acceptors (Lipinski definition) is 5. The van der Waals surface area contributed by atoms with Gasteiger partial charge in [-0.1, -0.05) is 0 Å². The van der Waals surface area contributed by atoms with E-state index in [0.717, 1.165) is 21.0 Å². The number of H-pyrrole nitrogens is 1. The molecule has 86 valence electrons. The van der Waals surface area contributed by atoms with E-state index < -0.39 is 0 Å². The zero-order valence-electron chi connectivity index (χ0n) is 8.89. The molecule has 0 saturated heterocycles. The van der Waals surface area contributed by atoms with Crippen LogP contribution in [0.1, 0.15) is 0 Å². The van der Waals surface area contributed by atoms with Crippen LogP contribution in [0.5, 0.6) is 5.75 Å².